The van der Waals surface area contributed by atoms with E-state index in [1.807, 2.05) is 73.7 Å². The standard InChI is InChI=1S/C29H26ClN3O4S/c1-3-36-27(34)29(16-17-29)22-14-12-20(13-15-22)19-8-10-21(11-9-19)25-26(38-33-32-25)31-28(35)37-18(2)23-6-4-5-7-24(23)30/h4-15,18H,3,16-17H2,1-2H3,(H,31,35)/t18-/m1/s1. The quantitative estimate of drug-likeness (QED) is 0.231. The predicted molar refractivity (Wildman–Crippen MR) is 148 cm³/mol. The average molecular weight is 548 g/mol. The number of carbonyl (C=O) groups excluding carboxylic acids is 2. The van der Waals surface area contributed by atoms with Gasteiger partial charge >= 0.3 is 12.1 Å². The number of nitrogens with one attached hydrogen (secondary N) is 1. The lowest BCUT2D eigenvalue weighted by Crippen LogP contribution is -2.23. The van der Waals surface area contributed by atoms with Gasteiger partial charge in [-0.1, -0.05) is 82.8 Å². The number of halogens is 1. The summed E-state index contributed by atoms with van der Waals surface area (Å²) in [5, 5.41) is 7.98. The Morgan fingerprint density at radius 3 is 2.26 bits per heavy atom. The van der Waals surface area contributed by atoms with E-state index in [9.17, 15) is 9.59 Å². The van der Waals surface area contributed by atoms with Gasteiger partial charge in [-0.3, -0.25) is 10.1 Å². The van der Waals surface area contributed by atoms with Crippen LogP contribution in [-0.4, -0.2) is 28.3 Å². The lowest BCUT2D eigenvalue weighted by Gasteiger charge is -2.15. The molecule has 1 aromatic heterocycles. The van der Waals surface area contributed by atoms with Crippen molar-refractivity contribution in [1.29, 1.82) is 0 Å². The number of esters is 1. The highest BCUT2D eigenvalue weighted by atomic mass is 35.5. The van der Waals surface area contributed by atoms with E-state index >= 15 is 0 Å². The molecular weight excluding hydrogens is 522 g/mol. The van der Waals surface area contributed by atoms with Gasteiger partial charge in [0.1, 0.15) is 16.8 Å². The van der Waals surface area contributed by atoms with E-state index in [4.69, 9.17) is 21.1 Å². The fourth-order valence-corrected chi connectivity index (χ4v) is 5.29. The molecule has 1 fully saturated rings. The number of nitrogens with zero attached hydrogens (tertiary/aromatic N) is 2. The molecule has 4 aromatic rings. The number of carbonyl (C=O) groups is 2. The summed E-state index contributed by atoms with van der Waals surface area (Å²) < 4.78 is 14.8. The Balaban J connectivity index is 1.26. The summed E-state index contributed by atoms with van der Waals surface area (Å²) in [4.78, 5) is 24.9. The molecule has 7 nitrogen and oxygen atoms in total. The first-order valence-corrected chi connectivity index (χ1v) is 13.5. The fourth-order valence-electron chi connectivity index (χ4n) is 4.42. The molecule has 1 amide bonds. The van der Waals surface area contributed by atoms with Crippen LogP contribution in [0, 0.1) is 0 Å². The van der Waals surface area contributed by atoms with E-state index in [0.717, 1.165) is 52.2 Å². The predicted octanol–water partition coefficient (Wildman–Crippen LogP) is 7.43. The SMILES string of the molecule is CCOC(=O)C1(c2ccc(-c3ccc(-c4nnsc4NC(=O)O[C@H](C)c4ccccc4Cl)cc3)cc2)CC1. The summed E-state index contributed by atoms with van der Waals surface area (Å²) in [7, 11) is 0. The number of rotatable bonds is 8. The van der Waals surface area contributed by atoms with Crippen LogP contribution in [0.4, 0.5) is 9.80 Å². The van der Waals surface area contributed by atoms with Crippen molar-refractivity contribution in [1.82, 2.24) is 9.59 Å². The number of anilines is 1. The largest absolute Gasteiger partial charge is 0.465 e. The third-order valence-electron chi connectivity index (χ3n) is 6.68. The minimum absolute atomic E-state index is 0.138. The third-order valence-corrected chi connectivity index (χ3v) is 7.66. The van der Waals surface area contributed by atoms with Gasteiger partial charge in [-0.05, 0) is 49.4 Å². The van der Waals surface area contributed by atoms with E-state index in [0.29, 0.717) is 22.3 Å². The van der Waals surface area contributed by atoms with Crippen molar-refractivity contribution in [3.8, 4) is 22.4 Å². The number of aromatic nitrogens is 2. The van der Waals surface area contributed by atoms with E-state index in [2.05, 4.69) is 14.9 Å². The van der Waals surface area contributed by atoms with Gasteiger partial charge < -0.3 is 9.47 Å². The molecule has 38 heavy (non-hydrogen) atoms. The number of hydrogen-bond acceptors (Lipinski definition) is 7. The van der Waals surface area contributed by atoms with E-state index in [-0.39, 0.29) is 5.97 Å². The van der Waals surface area contributed by atoms with E-state index in [1.54, 1.807) is 13.0 Å². The van der Waals surface area contributed by atoms with Crippen LogP contribution in [0.5, 0.6) is 0 Å². The van der Waals surface area contributed by atoms with Gasteiger partial charge in [-0.2, -0.15) is 0 Å². The fraction of sp³-hybridized carbons (Fsp3) is 0.241. The Labute approximate surface area is 229 Å². The molecular formula is C29H26ClN3O4S. The van der Waals surface area contributed by atoms with Gasteiger partial charge in [0.25, 0.3) is 0 Å². The maximum Gasteiger partial charge on any atom is 0.412 e. The van der Waals surface area contributed by atoms with E-state index < -0.39 is 17.6 Å². The second-order valence-corrected chi connectivity index (χ2v) is 10.3. The minimum Gasteiger partial charge on any atom is -0.465 e. The highest BCUT2D eigenvalue weighted by Gasteiger charge is 2.52. The van der Waals surface area contributed by atoms with Gasteiger partial charge in [0.2, 0.25) is 0 Å². The van der Waals surface area contributed by atoms with Crippen molar-refractivity contribution in [2.75, 3.05) is 11.9 Å². The number of amides is 1. The second kappa shape index (κ2) is 10.9. The molecule has 5 rings (SSSR count). The monoisotopic (exact) mass is 547 g/mol. The van der Waals surface area contributed by atoms with Crippen LogP contribution in [0.15, 0.2) is 72.8 Å². The van der Waals surface area contributed by atoms with Crippen molar-refractivity contribution < 1.29 is 19.1 Å². The normalized spacial score (nSPS) is 14.4. The van der Waals surface area contributed by atoms with Crippen molar-refractivity contribution in [3.05, 3.63) is 88.9 Å². The van der Waals surface area contributed by atoms with Gasteiger partial charge in [-0.25, -0.2) is 4.79 Å². The molecule has 0 radical (unpaired) electrons. The Hall–Kier alpha value is -3.75. The molecule has 9 heteroatoms. The number of hydrogen-bond donors (Lipinski definition) is 1. The number of benzene rings is 3. The maximum absolute atomic E-state index is 12.6. The topological polar surface area (TPSA) is 90.4 Å². The highest BCUT2D eigenvalue weighted by molar-refractivity contribution is 7.10. The Morgan fingerprint density at radius 2 is 1.63 bits per heavy atom. The smallest absolute Gasteiger partial charge is 0.412 e. The van der Waals surface area contributed by atoms with Crippen molar-refractivity contribution in [2.24, 2.45) is 0 Å². The molecule has 1 aliphatic rings. The van der Waals surface area contributed by atoms with Crippen molar-refractivity contribution >= 4 is 40.2 Å². The summed E-state index contributed by atoms with van der Waals surface area (Å²) in [6.45, 7) is 3.98. The van der Waals surface area contributed by atoms with E-state index in [1.165, 1.54) is 0 Å². The van der Waals surface area contributed by atoms with Gasteiger partial charge in [0.15, 0.2) is 0 Å². The zero-order valence-corrected chi connectivity index (χ0v) is 22.5. The lowest BCUT2D eigenvalue weighted by molar-refractivity contribution is -0.146. The molecule has 0 aliphatic heterocycles. The molecule has 1 aliphatic carbocycles. The molecule has 0 unspecified atom stereocenters. The van der Waals surface area contributed by atoms with Gasteiger partial charge in [0.05, 0.1) is 12.0 Å². The molecule has 0 saturated heterocycles. The Morgan fingerprint density at radius 1 is 1.00 bits per heavy atom. The third kappa shape index (κ3) is 5.28. The first-order chi connectivity index (χ1) is 18.4. The Kier molecular flexibility index (Phi) is 7.44. The molecule has 1 saturated carbocycles. The summed E-state index contributed by atoms with van der Waals surface area (Å²) in [6.07, 6.45) is 0.512. The molecule has 0 bridgehead atoms. The molecule has 194 valence electrons. The zero-order valence-electron chi connectivity index (χ0n) is 20.9. The first-order valence-electron chi connectivity index (χ1n) is 12.3. The van der Waals surface area contributed by atoms with Gasteiger partial charge in [0, 0.05) is 27.7 Å². The van der Waals surface area contributed by atoms with Crippen LogP contribution in [0.1, 0.15) is 43.9 Å². The maximum atomic E-state index is 12.6. The second-order valence-electron chi connectivity index (χ2n) is 9.10. The molecule has 1 atom stereocenters. The summed E-state index contributed by atoms with van der Waals surface area (Å²) in [5.41, 5.74) is 4.67. The summed E-state index contributed by atoms with van der Waals surface area (Å²) in [5.74, 6) is -0.138. The minimum atomic E-state index is -0.613. The van der Waals surface area contributed by atoms with Crippen LogP contribution in [-0.2, 0) is 19.7 Å². The molecule has 0 spiro atoms. The van der Waals surface area contributed by atoms with Crippen LogP contribution >= 0.6 is 23.1 Å². The molecule has 3 aromatic carbocycles. The van der Waals surface area contributed by atoms with Gasteiger partial charge in [-0.15, -0.1) is 5.10 Å². The van der Waals surface area contributed by atoms with Crippen LogP contribution in [0.25, 0.3) is 22.4 Å². The van der Waals surface area contributed by atoms with Crippen LogP contribution in [0.3, 0.4) is 0 Å². The first kappa shape index (κ1) is 25.9. The zero-order chi connectivity index (χ0) is 26.7. The summed E-state index contributed by atoms with van der Waals surface area (Å²) in [6, 6.07) is 23.2. The molecule has 1 N–H and O–H groups in total. The lowest BCUT2D eigenvalue weighted by atomic mass is 9.93. The highest BCUT2D eigenvalue weighted by Crippen LogP contribution is 2.49. The van der Waals surface area contributed by atoms with Crippen LogP contribution < -0.4 is 5.32 Å². The number of ether oxygens (including phenoxy) is 2. The Bertz CT molecular complexity index is 1450. The van der Waals surface area contributed by atoms with Crippen LogP contribution in [0.2, 0.25) is 5.02 Å². The molecule has 1 heterocycles. The summed E-state index contributed by atoms with van der Waals surface area (Å²) >= 11 is 7.29. The average Bonchev–Trinajstić information content (AvgIpc) is 3.62. The van der Waals surface area contributed by atoms with Crippen molar-refractivity contribution in [2.45, 2.75) is 38.2 Å². The van der Waals surface area contributed by atoms with Crippen molar-refractivity contribution in [3.63, 3.8) is 0 Å².